The molecule has 0 bridgehead atoms. The van der Waals surface area contributed by atoms with Gasteiger partial charge in [0.2, 0.25) is 5.91 Å². The van der Waals surface area contributed by atoms with E-state index in [0.717, 1.165) is 38.2 Å². The molecule has 0 N–H and O–H groups in total. The van der Waals surface area contributed by atoms with Crippen LogP contribution in [0.15, 0.2) is 0 Å². The third-order valence-corrected chi connectivity index (χ3v) is 5.05. The van der Waals surface area contributed by atoms with E-state index in [2.05, 4.69) is 4.90 Å². The summed E-state index contributed by atoms with van der Waals surface area (Å²) < 4.78 is 0. The molecule has 0 radical (unpaired) electrons. The van der Waals surface area contributed by atoms with Crippen molar-refractivity contribution in [1.82, 2.24) is 4.90 Å². The van der Waals surface area contributed by atoms with Gasteiger partial charge in [0.05, 0.1) is 0 Å². The lowest BCUT2D eigenvalue weighted by Crippen LogP contribution is -2.40. The Balaban J connectivity index is 1.78. The molecule has 1 unspecified atom stereocenters. The molecule has 0 aromatic heterocycles. The van der Waals surface area contributed by atoms with Crippen molar-refractivity contribution in [3.05, 3.63) is 0 Å². The second kappa shape index (κ2) is 8.14. The predicted molar refractivity (Wildman–Crippen MR) is 80.5 cm³/mol. The van der Waals surface area contributed by atoms with Gasteiger partial charge >= 0.3 is 0 Å². The summed E-state index contributed by atoms with van der Waals surface area (Å²) in [6.45, 7) is 1.93. The molecule has 2 rings (SSSR count). The highest BCUT2D eigenvalue weighted by molar-refractivity contribution is 6.17. The monoisotopic (exact) mass is 285 g/mol. The van der Waals surface area contributed by atoms with E-state index < -0.39 is 0 Å². The smallest absolute Gasteiger partial charge is 0.222 e. The third kappa shape index (κ3) is 4.98. The van der Waals surface area contributed by atoms with Gasteiger partial charge in [-0.25, -0.2) is 0 Å². The van der Waals surface area contributed by atoms with E-state index in [0.29, 0.717) is 17.7 Å². The van der Waals surface area contributed by atoms with E-state index >= 15 is 0 Å². The van der Waals surface area contributed by atoms with Gasteiger partial charge in [-0.3, -0.25) is 4.79 Å². The fourth-order valence-electron chi connectivity index (χ4n) is 3.63. The minimum absolute atomic E-state index is 0.408. The molecule has 0 aromatic rings. The van der Waals surface area contributed by atoms with Crippen LogP contribution in [0.1, 0.15) is 64.2 Å². The highest BCUT2D eigenvalue weighted by Crippen LogP contribution is 2.27. The molecule has 1 amide bonds. The van der Waals surface area contributed by atoms with Crippen LogP contribution in [0, 0.1) is 11.8 Å². The maximum Gasteiger partial charge on any atom is 0.222 e. The van der Waals surface area contributed by atoms with E-state index in [1.807, 2.05) is 0 Å². The van der Waals surface area contributed by atoms with Crippen molar-refractivity contribution in [2.24, 2.45) is 11.8 Å². The molecule has 1 heterocycles. The van der Waals surface area contributed by atoms with Crippen LogP contribution < -0.4 is 0 Å². The molecule has 2 nitrogen and oxygen atoms in total. The molecule has 3 heteroatoms. The Hall–Kier alpha value is -0.240. The largest absolute Gasteiger partial charge is 0.342 e. The van der Waals surface area contributed by atoms with Gasteiger partial charge in [0.15, 0.2) is 0 Å². The van der Waals surface area contributed by atoms with E-state index in [9.17, 15) is 4.79 Å². The number of alkyl halides is 1. The second-order valence-electron chi connectivity index (χ2n) is 6.39. The molecule has 1 atom stereocenters. The van der Waals surface area contributed by atoms with Crippen molar-refractivity contribution >= 4 is 17.5 Å². The molecule has 0 spiro atoms. The summed E-state index contributed by atoms with van der Waals surface area (Å²) in [5.41, 5.74) is 0. The van der Waals surface area contributed by atoms with Crippen molar-refractivity contribution in [3.8, 4) is 0 Å². The zero-order valence-electron chi connectivity index (χ0n) is 12.1. The summed E-state index contributed by atoms with van der Waals surface area (Å²) in [6.07, 6.45) is 12.2. The van der Waals surface area contributed by atoms with Gasteiger partial charge in [0.1, 0.15) is 0 Å². The lowest BCUT2D eigenvalue weighted by molar-refractivity contribution is -0.134. The van der Waals surface area contributed by atoms with E-state index in [-0.39, 0.29) is 0 Å². The summed E-state index contributed by atoms with van der Waals surface area (Å²) in [7, 11) is 0. The molecule has 2 fully saturated rings. The van der Waals surface area contributed by atoms with Crippen LogP contribution >= 0.6 is 11.6 Å². The Morgan fingerprint density at radius 1 is 1.00 bits per heavy atom. The Labute approximate surface area is 122 Å². The molecular weight excluding hydrogens is 258 g/mol. The van der Waals surface area contributed by atoms with Crippen molar-refractivity contribution in [3.63, 3.8) is 0 Å². The molecule has 110 valence electrons. The number of nitrogens with zero attached hydrogens (tertiary/aromatic N) is 1. The lowest BCUT2D eigenvalue weighted by Gasteiger charge is -2.33. The Kier molecular flexibility index (Phi) is 6.49. The molecule has 1 aliphatic carbocycles. The fourth-order valence-corrected chi connectivity index (χ4v) is 3.93. The van der Waals surface area contributed by atoms with Crippen molar-refractivity contribution in [2.45, 2.75) is 64.2 Å². The maximum atomic E-state index is 12.4. The van der Waals surface area contributed by atoms with Crippen LogP contribution in [-0.4, -0.2) is 29.8 Å². The van der Waals surface area contributed by atoms with Gasteiger partial charge in [0.25, 0.3) is 0 Å². The summed E-state index contributed by atoms with van der Waals surface area (Å²) in [5, 5.41) is 0. The number of amides is 1. The van der Waals surface area contributed by atoms with Crippen LogP contribution in [0.4, 0.5) is 0 Å². The van der Waals surface area contributed by atoms with Crippen LogP contribution in [0.2, 0.25) is 0 Å². The minimum atomic E-state index is 0.408. The van der Waals surface area contributed by atoms with Gasteiger partial charge < -0.3 is 4.90 Å². The van der Waals surface area contributed by atoms with Crippen LogP contribution in [0.3, 0.4) is 0 Å². The Morgan fingerprint density at radius 2 is 1.68 bits per heavy atom. The molecule has 2 aliphatic rings. The van der Waals surface area contributed by atoms with Crippen molar-refractivity contribution in [2.75, 3.05) is 19.0 Å². The van der Waals surface area contributed by atoms with Gasteiger partial charge in [0, 0.05) is 25.4 Å². The Morgan fingerprint density at radius 3 is 2.37 bits per heavy atom. The highest BCUT2D eigenvalue weighted by atomic mass is 35.5. The number of carbonyl (C=O) groups is 1. The topological polar surface area (TPSA) is 20.3 Å². The zero-order chi connectivity index (χ0) is 13.5. The van der Waals surface area contributed by atoms with E-state index in [4.69, 9.17) is 11.6 Å². The first-order valence-electron chi connectivity index (χ1n) is 8.13. The summed E-state index contributed by atoms with van der Waals surface area (Å²) in [6, 6.07) is 0. The summed E-state index contributed by atoms with van der Waals surface area (Å²) >= 11 is 5.83. The average Bonchev–Trinajstić information content (AvgIpc) is 2.68. The van der Waals surface area contributed by atoms with Gasteiger partial charge in [-0.15, -0.1) is 11.6 Å². The number of hydrogen-bond acceptors (Lipinski definition) is 1. The minimum Gasteiger partial charge on any atom is -0.342 e. The maximum absolute atomic E-state index is 12.4. The molecular formula is C16H28ClNO. The number of carbonyl (C=O) groups excluding carboxylic acids is 1. The summed E-state index contributed by atoms with van der Waals surface area (Å²) in [5.74, 6) is 2.44. The van der Waals surface area contributed by atoms with E-state index in [1.165, 1.54) is 44.9 Å². The predicted octanol–water partition coefficient (Wildman–Crippen LogP) is 4.21. The first kappa shape index (κ1) is 15.2. The lowest BCUT2D eigenvalue weighted by atomic mass is 9.93. The molecule has 1 saturated carbocycles. The van der Waals surface area contributed by atoms with Gasteiger partial charge in [-0.05, 0) is 43.9 Å². The molecule has 19 heavy (non-hydrogen) atoms. The quantitative estimate of drug-likeness (QED) is 0.559. The SMILES string of the molecule is O=C(CC1CCCCCC1)N1CCCC(CCCl)C1. The van der Waals surface area contributed by atoms with Gasteiger partial charge in [-0.2, -0.15) is 0 Å². The molecule has 0 aromatic carbocycles. The number of piperidine rings is 1. The van der Waals surface area contributed by atoms with Crippen LogP contribution in [0.5, 0.6) is 0 Å². The first-order valence-corrected chi connectivity index (χ1v) is 8.67. The van der Waals surface area contributed by atoms with Crippen LogP contribution in [-0.2, 0) is 4.79 Å². The number of halogens is 1. The van der Waals surface area contributed by atoms with Crippen molar-refractivity contribution < 1.29 is 4.79 Å². The van der Waals surface area contributed by atoms with E-state index in [1.54, 1.807) is 0 Å². The highest BCUT2D eigenvalue weighted by Gasteiger charge is 2.25. The molecule has 1 saturated heterocycles. The third-order valence-electron chi connectivity index (χ3n) is 4.83. The molecule has 1 aliphatic heterocycles. The number of likely N-dealkylation sites (tertiary alicyclic amines) is 1. The fraction of sp³-hybridized carbons (Fsp3) is 0.938. The van der Waals surface area contributed by atoms with Crippen LogP contribution in [0.25, 0.3) is 0 Å². The average molecular weight is 286 g/mol. The standard InChI is InChI=1S/C16H28ClNO/c17-10-9-15-8-5-11-18(13-15)16(19)12-14-6-3-1-2-4-7-14/h14-15H,1-13H2. The first-order chi connectivity index (χ1) is 9.29. The normalized spacial score (nSPS) is 26.2. The summed E-state index contributed by atoms with van der Waals surface area (Å²) in [4.78, 5) is 14.5. The Bertz CT molecular complexity index is 272. The number of rotatable bonds is 4. The number of hydrogen-bond donors (Lipinski definition) is 0. The van der Waals surface area contributed by atoms with Gasteiger partial charge in [-0.1, -0.05) is 25.7 Å². The zero-order valence-corrected chi connectivity index (χ0v) is 12.8. The second-order valence-corrected chi connectivity index (χ2v) is 6.77. The van der Waals surface area contributed by atoms with Crippen molar-refractivity contribution in [1.29, 1.82) is 0 Å².